The van der Waals surface area contributed by atoms with Crippen LogP contribution in [-0.2, 0) is 21.3 Å². The summed E-state index contributed by atoms with van der Waals surface area (Å²) in [5, 5.41) is 0. The first-order valence-corrected chi connectivity index (χ1v) is 11.3. The van der Waals surface area contributed by atoms with Gasteiger partial charge in [0.2, 0.25) is 5.78 Å². The summed E-state index contributed by atoms with van der Waals surface area (Å²) in [4.78, 5) is 15.6. The van der Waals surface area contributed by atoms with Crippen molar-refractivity contribution < 1.29 is 17.9 Å². The van der Waals surface area contributed by atoms with Crippen molar-refractivity contribution in [2.45, 2.75) is 18.4 Å². The number of ether oxygens (including phenoxy) is 1. The first-order valence-electron chi connectivity index (χ1n) is 9.88. The normalized spacial score (nSPS) is 15.2. The lowest BCUT2D eigenvalue weighted by Gasteiger charge is -2.26. The minimum absolute atomic E-state index is 0.136. The third kappa shape index (κ3) is 4.23. The van der Waals surface area contributed by atoms with E-state index in [4.69, 9.17) is 4.74 Å². The molecule has 0 radical (unpaired) electrons. The Hall–Kier alpha value is -2.74. The van der Waals surface area contributed by atoms with Gasteiger partial charge in [-0.15, -0.1) is 0 Å². The number of ketones is 1. The van der Waals surface area contributed by atoms with E-state index >= 15 is 0 Å². The molecular formula is C23H24N2O4S. The van der Waals surface area contributed by atoms with Gasteiger partial charge in [-0.25, -0.2) is 12.4 Å². The molecule has 0 unspecified atom stereocenters. The molecule has 4 rings (SSSR count). The van der Waals surface area contributed by atoms with Crippen LogP contribution >= 0.6 is 0 Å². The van der Waals surface area contributed by atoms with Gasteiger partial charge in [0.05, 0.1) is 18.1 Å². The highest BCUT2D eigenvalue weighted by molar-refractivity contribution is 7.90. The Balaban J connectivity index is 1.60. The Morgan fingerprint density at radius 3 is 2.33 bits per heavy atom. The summed E-state index contributed by atoms with van der Waals surface area (Å²) in [6, 6.07) is 17.1. The fourth-order valence-electron chi connectivity index (χ4n) is 3.57. The number of hydrogen-bond donors (Lipinski definition) is 0. The van der Waals surface area contributed by atoms with Crippen LogP contribution in [0.4, 0.5) is 0 Å². The molecule has 30 heavy (non-hydrogen) atoms. The highest BCUT2D eigenvalue weighted by Gasteiger charge is 2.24. The fraction of sp³-hybridized carbons (Fsp3) is 0.261. The summed E-state index contributed by atoms with van der Waals surface area (Å²) in [6.45, 7) is 5.84. The summed E-state index contributed by atoms with van der Waals surface area (Å²) in [7, 11) is -3.85. The second-order valence-corrected chi connectivity index (χ2v) is 9.25. The van der Waals surface area contributed by atoms with Crippen molar-refractivity contribution in [1.82, 2.24) is 8.87 Å². The Labute approximate surface area is 176 Å². The van der Waals surface area contributed by atoms with Gasteiger partial charge >= 0.3 is 0 Å². The maximum atomic E-state index is 13.1. The predicted molar refractivity (Wildman–Crippen MR) is 114 cm³/mol. The minimum atomic E-state index is -3.85. The van der Waals surface area contributed by atoms with Crippen LogP contribution in [0.15, 0.2) is 71.8 Å². The third-order valence-corrected chi connectivity index (χ3v) is 6.87. The van der Waals surface area contributed by atoms with Crippen LogP contribution in [0.25, 0.3) is 0 Å². The molecule has 1 fully saturated rings. The zero-order chi connectivity index (χ0) is 21.1. The molecule has 0 amide bonds. The molecule has 2 heterocycles. The van der Waals surface area contributed by atoms with Gasteiger partial charge < -0.3 is 4.74 Å². The smallest absolute Gasteiger partial charge is 0.268 e. The summed E-state index contributed by atoms with van der Waals surface area (Å²) in [5.41, 5.74) is 2.42. The lowest BCUT2D eigenvalue weighted by Crippen LogP contribution is -2.35. The van der Waals surface area contributed by atoms with Crippen molar-refractivity contribution in [3.8, 4) is 0 Å². The van der Waals surface area contributed by atoms with Gasteiger partial charge in [0, 0.05) is 31.4 Å². The molecule has 0 N–H and O–H groups in total. The molecule has 1 aliphatic heterocycles. The number of rotatable bonds is 6. The molecule has 2 aromatic carbocycles. The highest BCUT2D eigenvalue weighted by atomic mass is 32.2. The first-order chi connectivity index (χ1) is 14.4. The van der Waals surface area contributed by atoms with Crippen LogP contribution in [0.1, 0.15) is 27.2 Å². The highest BCUT2D eigenvalue weighted by Crippen LogP contribution is 2.21. The standard InChI is InChI=1S/C23H24N2O4S/c1-18-15-22(25(16-18)30(27,28)21-5-3-2-4-6-21)23(26)20-9-7-19(8-10-20)17-24-11-13-29-14-12-24/h2-10,15-16H,11-14,17H2,1H3. The zero-order valence-corrected chi connectivity index (χ0v) is 17.6. The number of morpholine rings is 1. The molecule has 6 nitrogen and oxygen atoms in total. The SMILES string of the molecule is Cc1cc(C(=O)c2ccc(CN3CCOCC3)cc2)n(S(=O)(=O)c2ccccc2)c1. The van der Waals surface area contributed by atoms with Crippen molar-refractivity contribution in [1.29, 1.82) is 0 Å². The van der Waals surface area contributed by atoms with E-state index in [0.29, 0.717) is 11.1 Å². The summed E-state index contributed by atoms with van der Waals surface area (Å²) in [6.07, 6.45) is 1.49. The molecule has 3 aromatic rings. The number of aromatic nitrogens is 1. The lowest BCUT2D eigenvalue weighted by molar-refractivity contribution is 0.0342. The van der Waals surface area contributed by atoms with E-state index in [0.717, 1.165) is 42.4 Å². The van der Waals surface area contributed by atoms with Crippen LogP contribution < -0.4 is 0 Å². The van der Waals surface area contributed by atoms with E-state index in [-0.39, 0.29) is 16.4 Å². The molecule has 0 aliphatic carbocycles. The number of carbonyl (C=O) groups excluding carboxylic acids is 1. The maximum absolute atomic E-state index is 13.1. The number of benzene rings is 2. The fourth-order valence-corrected chi connectivity index (χ4v) is 5.00. The Morgan fingerprint density at radius 1 is 1.00 bits per heavy atom. The van der Waals surface area contributed by atoms with E-state index < -0.39 is 10.0 Å². The van der Waals surface area contributed by atoms with Gasteiger partial charge in [-0.1, -0.05) is 42.5 Å². The van der Waals surface area contributed by atoms with Crippen molar-refractivity contribution in [3.05, 3.63) is 89.2 Å². The van der Waals surface area contributed by atoms with Crippen LogP contribution in [-0.4, -0.2) is 49.4 Å². The minimum Gasteiger partial charge on any atom is -0.379 e. The molecule has 0 bridgehead atoms. The van der Waals surface area contributed by atoms with Crippen molar-refractivity contribution in [2.24, 2.45) is 0 Å². The van der Waals surface area contributed by atoms with Crippen LogP contribution in [0.3, 0.4) is 0 Å². The number of carbonyl (C=O) groups is 1. The second kappa shape index (κ2) is 8.55. The van der Waals surface area contributed by atoms with E-state index in [1.165, 1.54) is 18.3 Å². The van der Waals surface area contributed by atoms with Gasteiger partial charge in [-0.05, 0) is 36.2 Å². The maximum Gasteiger partial charge on any atom is 0.268 e. The monoisotopic (exact) mass is 424 g/mol. The van der Waals surface area contributed by atoms with Gasteiger partial charge in [0.15, 0.2) is 0 Å². The third-order valence-electron chi connectivity index (χ3n) is 5.18. The quantitative estimate of drug-likeness (QED) is 0.569. The van der Waals surface area contributed by atoms with Crippen LogP contribution in [0.5, 0.6) is 0 Å². The lowest BCUT2D eigenvalue weighted by atomic mass is 10.1. The summed E-state index contributed by atoms with van der Waals surface area (Å²) >= 11 is 0. The average molecular weight is 425 g/mol. The van der Waals surface area contributed by atoms with E-state index in [1.807, 2.05) is 12.1 Å². The first kappa shape index (κ1) is 20.5. The zero-order valence-electron chi connectivity index (χ0n) is 16.8. The molecule has 0 spiro atoms. The van der Waals surface area contributed by atoms with Crippen molar-refractivity contribution >= 4 is 15.8 Å². The van der Waals surface area contributed by atoms with E-state index in [9.17, 15) is 13.2 Å². The number of hydrogen-bond acceptors (Lipinski definition) is 5. The van der Waals surface area contributed by atoms with Gasteiger partial charge in [-0.3, -0.25) is 9.69 Å². The van der Waals surface area contributed by atoms with Crippen molar-refractivity contribution in [2.75, 3.05) is 26.3 Å². The topological polar surface area (TPSA) is 68.6 Å². The Bertz CT molecular complexity index is 1130. The van der Waals surface area contributed by atoms with Crippen LogP contribution in [0.2, 0.25) is 0 Å². The average Bonchev–Trinajstić information content (AvgIpc) is 3.18. The van der Waals surface area contributed by atoms with Gasteiger partial charge in [-0.2, -0.15) is 0 Å². The molecule has 156 valence electrons. The number of aryl methyl sites for hydroxylation is 1. The molecule has 0 atom stereocenters. The van der Waals surface area contributed by atoms with Crippen molar-refractivity contribution in [3.63, 3.8) is 0 Å². The molecule has 7 heteroatoms. The Morgan fingerprint density at radius 2 is 1.67 bits per heavy atom. The number of nitrogens with zero attached hydrogens (tertiary/aromatic N) is 2. The molecule has 1 aliphatic rings. The summed E-state index contributed by atoms with van der Waals surface area (Å²) < 4.78 is 32.6. The largest absolute Gasteiger partial charge is 0.379 e. The second-order valence-electron chi connectivity index (χ2n) is 7.43. The Kier molecular flexibility index (Phi) is 5.85. The molecule has 0 saturated carbocycles. The van der Waals surface area contributed by atoms with Crippen LogP contribution in [0, 0.1) is 6.92 Å². The van der Waals surface area contributed by atoms with Gasteiger partial charge in [0.25, 0.3) is 10.0 Å². The van der Waals surface area contributed by atoms with E-state index in [2.05, 4.69) is 4.90 Å². The molecule has 1 saturated heterocycles. The molecule has 1 aromatic heterocycles. The summed E-state index contributed by atoms with van der Waals surface area (Å²) in [5.74, 6) is -0.319. The predicted octanol–water partition coefficient (Wildman–Crippen LogP) is 3.10. The van der Waals surface area contributed by atoms with E-state index in [1.54, 1.807) is 43.3 Å². The van der Waals surface area contributed by atoms with Gasteiger partial charge in [0.1, 0.15) is 5.69 Å². The molecular weight excluding hydrogens is 400 g/mol.